The fraction of sp³-hybridized carbons (Fsp3) is 0.100. The van der Waals surface area contributed by atoms with Crippen LogP contribution < -0.4 is 15.2 Å². The third-order valence-electron chi connectivity index (χ3n) is 2.00. The third kappa shape index (κ3) is 1.12. The predicted molar refractivity (Wildman–Crippen MR) is 51.5 cm³/mol. The van der Waals surface area contributed by atoms with Crippen LogP contribution in [0.25, 0.3) is 0 Å². The molecule has 1 aliphatic rings. The first-order valence-corrected chi connectivity index (χ1v) is 4.09. The molecule has 4 heteroatoms. The Balaban J connectivity index is 2.62. The summed E-state index contributed by atoms with van der Waals surface area (Å²) in [5, 5.41) is 0. The van der Waals surface area contributed by atoms with Gasteiger partial charge in [0.2, 0.25) is 6.79 Å². The van der Waals surface area contributed by atoms with Crippen LogP contribution in [0.2, 0.25) is 0 Å². The Morgan fingerprint density at radius 3 is 3.00 bits per heavy atom. The molecular weight excluding hydrogens is 182 g/mol. The van der Waals surface area contributed by atoms with E-state index >= 15 is 0 Å². The molecular formula is C10H9NO3. The number of hydrogen-bond acceptors (Lipinski definition) is 4. The number of allylic oxidation sites excluding steroid dienone is 1. The summed E-state index contributed by atoms with van der Waals surface area (Å²) < 4.78 is 10.3. The van der Waals surface area contributed by atoms with Crippen molar-refractivity contribution in [2.75, 3.05) is 12.5 Å². The molecule has 2 N–H and O–H groups in total. The largest absolute Gasteiger partial charge is 0.454 e. The third-order valence-corrected chi connectivity index (χ3v) is 2.00. The lowest BCUT2D eigenvalue weighted by Gasteiger charge is -2.05. The molecule has 4 nitrogen and oxygen atoms in total. The number of anilines is 1. The molecule has 0 aliphatic carbocycles. The molecule has 0 saturated carbocycles. The molecule has 0 spiro atoms. The summed E-state index contributed by atoms with van der Waals surface area (Å²) in [5.74, 6) is 0.698. The van der Waals surface area contributed by atoms with Crippen molar-refractivity contribution in [3.8, 4) is 11.5 Å². The van der Waals surface area contributed by atoms with Gasteiger partial charge in [-0.15, -0.1) is 0 Å². The van der Waals surface area contributed by atoms with Crippen molar-refractivity contribution in [1.29, 1.82) is 0 Å². The van der Waals surface area contributed by atoms with Gasteiger partial charge in [-0.25, -0.2) is 0 Å². The first-order chi connectivity index (χ1) is 6.74. The monoisotopic (exact) mass is 191 g/mol. The molecule has 0 bridgehead atoms. The second kappa shape index (κ2) is 3.06. The van der Waals surface area contributed by atoms with Crippen LogP contribution in [0.1, 0.15) is 10.4 Å². The van der Waals surface area contributed by atoms with Crippen molar-refractivity contribution in [2.24, 2.45) is 0 Å². The molecule has 0 fully saturated rings. The number of ketones is 1. The van der Waals surface area contributed by atoms with Crippen LogP contribution in [0.3, 0.4) is 0 Å². The van der Waals surface area contributed by atoms with E-state index in [0.29, 0.717) is 22.7 Å². The Morgan fingerprint density at radius 1 is 1.50 bits per heavy atom. The number of nitrogens with two attached hydrogens (primary N) is 1. The van der Waals surface area contributed by atoms with Crippen LogP contribution in [0, 0.1) is 0 Å². The van der Waals surface area contributed by atoms with E-state index in [2.05, 4.69) is 6.58 Å². The molecule has 2 rings (SSSR count). The maximum Gasteiger partial charge on any atom is 0.231 e. The molecule has 0 unspecified atom stereocenters. The zero-order valence-electron chi connectivity index (χ0n) is 7.45. The van der Waals surface area contributed by atoms with Gasteiger partial charge in [0.15, 0.2) is 17.3 Å². The predicted octanol–water partition coefficient (Wildman–Crippen LogP) is 1.37. The zero-order chi connectivity index (χ0) is 10.1. The minimum Gasteiger partial charge on any atom is -0.454 e. The summed E-state index contributed by atoms with van der Waals surface area (Å²) >= 11 is 0. The number of carbonyl (C=O) groups excluding carboxylic acids is 1. The molecule has 14 heavy (non-hydrogen) atoms. The highest BCUT2D eigenvalue weighted by molar-refractivity contribution is 6.10. The number of rotatable bonds is 2. The summed E-state index contributed by atoms with van der Waals surface area (Å²) in [7, 11) is 0. The number of nitrogen functional groups attached to an aromatic ring is 1. The van der Waals surface area contributed by atoms with Gasteiger partial charge in [0, 0.05) is 5.69 Å². The molecule has 1 aliphatic heterocycles. The Hall–Kier alpha value is -1.97. The van der Waals surface area contributed by atoms with Crippen LogP contribution in [-0.4, -0.2) is 12.6 Å². The lowest BCUT2D eigenvalue weighted by molar-refractivity contribution is 0.104. The first-order valence-electron chi connectivity index (χ1n) is 4.09. The molecule has 0 amide bonds. The summed E-state index contributed by atoms with van der Waals surface area (Å²) in [5.41, 5.74) is 6.37. The second-order valence-corrected chi connectivity index (χ2v) is 2.83. The number of benzene rings is 1. The second-order valence-electron chi connectivity index (χ2n) is 2.83. The number of carbonyl (C=O) groups is 1. The fourth-order valence-corrected chi connectivity index (χ4v) is 1.34. The average Bonchev–Trinajstić information content (AvgIpc) is 2.64. The van der Waals surface area contributed by atoms with E-state index in [1.165, 1.54) is 6.08 Å². The van der Waals surface area contributed by atoms with E-state index in [-0.39, 0.29) is 12.6 Å². The average molecular weight is 191 g/mol. The smallest absolute Gasteiger partial charge is 0.231 e. The number of hydrogen-bond donors (Lipinski definition) is 1. The van der Waals surface area contributed by atoms with Crippen LogP contribution >= 0.6 is 0 Å². The van der Waals surface area contributed by atoms with Gasteiger partial charge in [0.25, 0.3) is 0 Å². The van der Waals surface area contributed by atoms with Crippen molar-refractivity contribution in [3.05, 3.63) is 30.4 Å². The van der Waals surface area contributed by atoms with E-state index in [9.17, 15) is 4.79 Å². The molecule has 1 aromatic carbocycles. The molecule has 0 aromatic heterocycles. The van der Waals surface area contributed by atoms with Crippen LogP contribution in [0.15, 0.2) is 24.8 Å². The van der Waals surface area contributed by atoms with Crippen molar-refractivity contribution in [3.63, 3.8) is 0 Å². The maximum absolute atomic E-state index is 11.5. The highest BCUT2D eigenvalue weighted by Gasteiger charge is 2.22. The minimum absolute atomic E-state index is 0.121. The Morgan fingerprint density at radius 2 is 2.29 bits per heavy atom. The molecule has 72 valence electrons. The molecule has 0 atom stereocenters. The van der Waals surface area contributed by atoms with Gasteiger partial charge in [-0.05, 0) is 18.2 Å². The zero-order valence-corrected chi connectivity index (χ0v) is 7.45. The summed E-state index contributed by atoms with van der Waals surface area (Å²) in [6.45, 7) is 3.52. The first kappa shape index (κ1) is 8.62. The van der Waals surface area contributed by atoms with Crippen molar-refractivity contribution in [1.82, 2.24) is 0 Å². The summed E-state index contributed by atoms with van der Waals surface area (Å²) in [6, 6.07) is 3.29. The fourth-order valence-electron chi connectivity index (χ4n) is 1.34. The van der Waals surface area contributed by atoms with E-state index in [0.717, 1.165) is 0 Å². The Kier molecular flexibility index (Phi) is 1.89. The van der Waals surface area contributed by atoms with Crippen LogP contribution in [-0.2, 0) is 0 Å². The number of fused-ring (bicyclic) bond motifs is 1. The molecule has 1 aromatic rings. The standard InChI is InChI=1S/C10H9NO3/c1-2-7(12)9-6(11)3-4-8-10(9)14-5-13-8/h2-4H,1,5,11H2. The van der Waals surface area contributed by atoms with Gasteiger partial charge in [-0.2, -0.15) is 0 Å². The van der Waals surface area contributed by atoms with Gasteiger partial charge >= 0.3 is 0 Å². The molecule has 1 heterocycles. The lowest BCUT2D eigenvalue weighted by atomic mass is 10.1. The lowest BCUT2D eigenvalue weighted by Crippen LogP contribution is -2.02. The summed E-state index contributed by atoms with van der Waals surface area (Å²) in [4.78, 5) is 11.5. The summed E-state index contributed by atoms with van der Waals surface area (Å²) in [6.07, 6.45) is 1.20. The van der Waals surface area contributed by atoms with Gasteiger partial charge in [-0.3, -0.25) is 4.79 Å². The topological polar surface area (TPSA) is 61.6 Å². The Labute approximate surface area is 80.9 Å². The molecule has 0 saturated heterocycles. The maximum atomic E-state index is 11.5. The van der Waals surface area contributed by atoms with Gasteiger partial charge < -0.3 is 15.2 Å². The normalized spacial score (nSPS) is 12.6. The van der Waals surface area contributed by atoms with Crippen molar-refractivity contribution in [2.45, 2.75) is 0 Å². The van der Waals surface area contributed by atoms with Crippen molar-refractivity contribution >= 4 is 11.5 Å². The van der Waals surface area contributed by atoms with Crippen LogP contribution in [0.5, 0.6) is 11.5 Å². The highest BCUT2D eigenvalue weighted by Crippen LogP contribution is 2.38. The number of ether oxygens (including phenoxy) is 2. The van der Waals surface area contributed by atoms with Gasteiger partial charge in [0.05, 0.1) is 5.56 Å². The van der Waals surface area contributed by atoms with Crippen molar-refractivity contribution < 1.29 is 14.3 Å². The Bertz CT molecular complexity index is 412. The highest BCUT2D eigenvalue weighted by atomic mass is 16.7. The van der Waals surface area contributed by atoms with Crippen LogP contribution in [0.4, 0.5) is 5.69 Å². The van der Waals surface area contributed by atoms with Gasteiger partial charge in [-0.1, -0.05) is 6.58 Å². The SMILES string of the molecule is C=CC(=O)c1c(N)ccc2c1OCO2. The van der Waals surface area contributed by atoms with E-state index in [1.807, 2.05) is 0 Å². The molecule has 0 radical (unpaired) electrons. The quantitative estimate of drug-likeness (QED) is 0.435. The van der Waals surface area contributed by atoms with E-state index in [1.54, 1.807) is 12.1 Å². The van der Waals surface area contributed by atoms with Gasteiger partial charge in [0.1, 0.15) is 0 Å². The minimum atomic E-state index is -0.259. The van der Waals surface area contributed by atoms with E-state index in [4.69, 9.17) is 15.2 Å². The van der Waals surface area contributed by atoms with E-state index < -0.39 is 0 Å².